The van der Waals surface area contributed by atoms with Crippen LogP contribution in [0.3, 0.4) is 0 Å². The van der Waals surface area contributed by atoms with E-state index in [1.807, 2.05) is 9.80 Å². The van der Waals surface area contributed by atoms with Crippen LogP contribution in [0.5, 0.6) is 0 Å². The van der Waals surface area contributed by atoms with Crippen molar-refractivity contribution in [3.05, 3.63) is 41.3 Å². The quantitative estimate of drug-likeness (QED) is 0.825. The van der Waals surface area contributed by atoms with Crippen molar-refractivity contribution in [1.82, 2.24) is 15.0 Å². The van der Waals surface area contributed by atoms with E-state index >= 15 is 0 Å². The predicted octanol–water partition coefficient (Wildman–Crippen LogP) is 3.26. The van der Waals surface area contributed by atoms with Crippen molar-refractivity contribution in [2.45, 2.75) is 12.6 Å². The molecule has 0 aliphatic carbocycles. The molecule has 1 aliphatic heterocycles. The fourth-order valence-electron chi connectivity index (χ4n) is 2.60. The van der Waals surface area contributed by atoms with Gasteiger partial charge >= 0.3 is 6.18 Å². The van der Waals surface area contributed by atoms with Gasteiger partial charge in [0.1, 0.15) is 5.82 Å². The SMILES string of the molecule is FC(F)(F)c1cnc(N2CCCN(c3ncccn3)CC2)c(Cl)c1. The van der Waals surface area contributed by atoms with Crippen LogP contribution >= 0.6 is 11.6 Å². The van der Waals surface area contributed by atoms with Gasteiger partial charge in [0.2, 0.25) is 5.95 Å². The predicted molar refractivity (Wildman–Crippen MR) is 85.3 cm³/mol. The van der Waals surface area contributed by atoms with Gasteiger partial charge in [0.25, 0.3) is 0 Å². The number of anilines is 2. The molecular weight excluding hydrogens is 343 g/mol. The summed E-state index contributed by atoms with van der Waals surface area (Å²) in [5.41, 5.74) is -0.842. The Labute approximate surface area is 142 Å². The summed E-state index contributed by atoms with van der Waals surface area (Å²) in [6.07, 6.45) is 0.537. The molecule has 0 bridgehead atoms. The highest BCUT2D eigenvalue weighted by Crippen LogP contribution is 2.33. The maximum Gasteiger partial charge on any atom is 0.417 e. The van der Waals surface area contributed by atoms with Gasteiger partial charge in [-0.1, -0.05) is 11.6 Å². The van der Waals surface area contributed by atoms with Gasteiger partial charge in [-0.05, 0) is 18.6 Å². The Morgan fingerprint density at radius 3 is 2.29 bits per heavy atom. The summed E-state index contributed by atoms with van der Waals surface area (Å²) in [4.78, 5) is 16.3. The Morgan fingerprint density at radius 1 is 0.958 bits per heavy atom. The highest BCUT2D eigenvalue weighted by atomic mass is 35.5. The third kappa shape index (κ3) is 3.69. The van der Waals surface area contributed by atoms with Crippen molar-refractivity contribution < 1.29 is 13.2 Å². The number of aromatic nitrogens is 3. The minimum absolute atomic E-state index is 0.00855. The topological polar surface area (TPSA) is 45.2 Å². The highest BCUT2D eigenvalue weighted by Gasteiger charge is 2.32. The first kappa shape index (κ1) is 16.8. The van der Waals surface area contributed by atoms with Crippen molar-refractivity contribution in [3.63, 3.8) is 0 Å². The summed E-state index contributed by atoms with van der Waals surface area (Å²) in [6.45, 7) is 2.64. The number of hydrogen-bond acceptors (Lipinski definition) is 5. The van der Waals surface area contributed by atoms with E-state index in [-0.39, 0.29) is 5.02 Å². The molecule has 1 saturated heterocycles. The Bertz CT molecular complexity index is 695. The van der Waals surface area contributed by atoms with Gasteiger partial charge < -0.3 is 9.80 Å². The molecule has 3 heterocycles. The molecule has 9 heteroatoms. The lowest BCUT2D eigenvalue weighted by molar-refractivity contribution is -0.137. The molecule has 0 unspecified atom stereocenters. The van der Waals surface area contributed by atoms with Crippen molar-refractivity contribution in [2.24, 2.45) is 0 Å². The van der Waals surface area contributed by atoms with Crippen molar-refractivity contribution in [3.8, 4) is 0 Å². The van der Waals surface area contributed by atoms with Crippen molar-refractivity contribution in [2.75, 3.05) is 36.0 Å². The zero-order chi connectivity index (χ0) is 17.2. The zero-order valence-electron chi connectivity index (χ0n) is 12.7. The Kier molecular flexibility index (Phi) is 4.75. The smallest absolute Gasteiger partial charge is 0.354 e. The Morgan fingerprint density at radius 2 is 1.62 bits per heavy atom. The molecule has 0 aromatic carbocycles. The average molecular weight is 358 g/mol. The van der Waals surface area contributed by atoms with Crippen LogP contribution in [0.4, 0.5) is 24.9 Å². The van der Waals surface area contributed by atoms with E-state index in [4.69, 9.17) is 11.6 Å². The average Bonchev–Trinajstić information content (AvgIpc) is 2.81. The molecule has 3 rings (SSSR count). The van der Waals surface area contributed by atoms with Crippen LogP contribution in [0.1, 0.15) is 12.0 Å². The van der Waals surface area contributed by atoms with Crippen LogP contribution in [0.15, 0.2) is 30.7 Å². The van der Waals surface area contributed by atoms with Crippen LogP contribution in [0.25, 0.3) is 0 Å². The summed E-state index contributed by atoms with van der Waals surface area (Å²) in [7, 11) is 0. The van der Waals surface area contributed by atoms with Gasteiger partial charge in [-0.3, -0.25) is 0 Å². The first-order chi connectivity index (χ1) is 11.4. The van der Waals surface area contributed by atoms with Gasteiger partial charge in [0.15, 0.2) is 0 Å². The molecule has 1 aliphatic rings. The summed E-state index contributed by atoms with van der Waals surface area (Å²) >= 11 is 6.03. The number of nitrogens with zero attached hydrogens (tertiary/aromatic N) is 5. The zero-order valence-corrected chi connectivity index (χ0v) is 13.4. The Hall–Kier alpha value is -2.09. The van der Waals surface area contributed by atoms with Gasteiger partial charge in [0.05, 0.1) is 10.6 Å². The maximum atomic E-state index is 12.7. The molecule has 0 saturated carbocycles. The van der Waals surface area contributed by atoms with E-state index in [0.717, 1.165) is 25.2 Å². The van der Waals surface area contributed by atoms with E-state index < -0.39 is 11.7 Å². The second-order valence-electron chi connectivity index (χ2n) is 5.40. The van der Waals surface area contributed by atoms with Crippen molar-refractivity contribution in [1.29, 1.82) is 0 Å². The molecule has 2 aromatic heterocycles. The molecule has 1 fully saturated rings. The summed E-state index contributed by atoms with van der Waals surface area (Å²) in [5.74, 6) is 1.02. The summed E-state index contributed by atoms with van der Waals surface area (Å²) < 4.78 is 38.1. The minimum atomic E-state index is -4.45. The molecule has 0 spiro atoms. The molecule has 2 aromatic rings. The van der Waals surface area contributed by atoms with Crippen LogP contribution < -0.4 is 9.80 Å². The molecule has 0 atom stereocenters. The lowest BCUT2D eigenvalue weighted by atomic mass is 10.2. The van der Waals surface area contributed by atoms with E-state index in [1.54, 1.807) is 18.5 Å². The van der Waals surface area contributed by atoms with Gasteiger partial charge in [0, 0.05) is 44.8 Å². The summed E-state index contributed by atoms with van der Waals surface area (Å²) in [5, 5.41) is 0.00855. The first-order valence-corrected chi connectivity index (χ1v) is 7.82. The van der Waals surface area contributed by atoms with E-state index in [1.165, 1.54) is 0 Å². The van der Waals surface area contributed by atoms with Gasteiger partial charge in [-0.25, -0.2) is 15.0 Å². The van der Waals surface area contributed by atoms with Crippen LogP contribution in [0.2, 0.25) is 5.02 Å². The van der Waals surface area contributed by atoms with E-state index in [9.17, 15) is 13.2 Å². The van der Waals surface area contributed by atoms with Crippen molar-refractivity contribution >= 4 is 23.4 Å². The number of rotatable bonds is 2. The third-order valence-corrected chi connectivity index (χ3v) is 4.06. The molecule has 24 heavy (non-hydrogen) atoms. The second-order valence-corrected chi connectivity index (χ2v) is 5.81. The second kappa shape index (κ2) is 6.80. The largest absolute Gasteiger partial charge is 0.417 e. The Balaban J connectivity index is 1.75. The number of halogens is 4. The third-order valence-electron chi connectivity index (χ3n) is 3.78. The fraction of sp³-hybridized carbons (Fsp3) is 0.400. The fourth-order valence-corrected chi connectivity index (χ4v) is 2.89. The lowest BCUT2D eigenvalue weighted by Crippen LogP contribution is -2.32. The lowest BCUT2D eigenvalue weighted by Gasteiger charge is -2.23. The van der Waals surface area contributed by atoms with E-state index in [0.29, 0.717) is 31.4 Å². The van der Waals surface area contributed by atoms with Crippen LogP contribution in [0, 0.1) is 0 Å². The molecule has 128 valence electrons. The van der Waals surface area contributed by atoms with Gasteiger partial charge in [-0.15, -0.1) is 0 Å². The monoisotopic (exact) mass is 357 g/mol. The maximum absolute atomic E-state index is 12.7. The van der Waals surface area contributed by atoms with Crippen LogP contribution in [-0.2, 0) is 6.18 Å². The summed E-state index contributed by atoms with van der Waals surface area (Å²) in [6, 6.07) is 2.67. The minimum Gasteiger partial charge on any atom is -0.354 e. The normalized spacial score (nSPS) is 16.2. The highest BCUT2D eigenvalue weighted by molar-refractivity contribution is 6.33. The first-order valence-electron chi connectivity index (χ1n) is 7.45. The molecule has 5 nitrogen and oxygen atoms in total. The molecule has 0 amide bonds. The molecular formula is C15H15ClF3N5. The number of alkyl halides is 3. The van der Waals surface area contributed by atoms with Gasteiger partial charge in [-0.2, -0.15) is 13.2 Å². The standard InChI is InChI=1S/C15H15ClF3N5/c16-12-9-11(15(17,18)19)10-22-13(12)23-5-2-6-24(8-7-23)14-20-3-1-4-21-14/h1,3-4,9-10H,2,5-8H2. The molecule has 0 radical (unpaired) electrons. The van der Waals surface area contributed by atoms with Crippen LogP contribution in [-0.4, -0.2) is 41.1 Å². The molecule has 0 N–H and O–H groups in total. The van der Waals surface area contributed by atoms with E-state index in [2.05, 4.69) is 15.0 Å². The number of pyridine rings is 1. The number of hydrogen-bond donors (Lipinski definition) is 0.